The van der Waals surface area contributed by atoms with Crippen LogP contribution in [0.2, 0.25) is 0 Å². The lowest BCUT2D eigenvalue weighted by Gasteiger charge is -2.07. The minimum absolute atomic E-state index is 0.294. The van der Waals surface area contributed by atoms with Crippen molar-refractivity contribution >= 4 is 22.9 Å². The topological polar surface area (TPSA) is 75.0 Å². The fourth-order valence-corrected chi connectivity index (χ4v) is 2.77. The molecule has 0 saturated heterocycles. The second-order valence-corrected chi connectivity index (χ2v) is 5.89. The van der Waals surface area contributed by atoms with E-state index in [4.69, 9.17) is 13.9 Å². The van der Waals surface area contributed by atoms with E-state index in [0.29, 0.717) is 46.8 Å². The number of carbonyl (C=O) groups excluding carboxylic acids is 2. The van der Waals surface area contributed by atoms with E-state index in [2.05, 4.69) is 4.74 Å². The minimum atomic E-state index is -0.413. The Morgan fingerprint density at radius 3 is 2.44 bits per heavy atom. The average Bonchev–Trinajstić information content (AvgIpc) is 3.01. The van der Waals surface area contributed by atoms with E-state index in [0.717, 1.165) is 5.56 Å². The minimum Gasteiger partial charge on any atom is -0.489 e. The molecule has 3 rings (SSSR count). The van der Waals surface area contributed by atoms with Crippen LogP contribution in [0.15, 0.2) is 46.9 Å². The first-order valence-corrected chi connectivity index (χ1v) is 8.53. The molecule has 0 spiro atoms. The molecule has 0 fully saturated rings. The highest BCUT2D eigenvalue weighted by Gasteiger charge is 2.19. The van der Waals surface area contributed by atoms with Gasteiger partial charge in [0.25, 0.3) is 0 Å². The molecule has 0 saturated carbocycles. The van der Waals surface area contributed by atoms with Gasteiger partial charge < -0.3 is 18.6 Å². The Labute approximate surface area is 156 Å². The Bertz CT molecular complexity index is 968. The second-order valence-electron chi connectivity index (χ2n) is 5.89. The number of ether oxygens (including phenoxy) is 3. The van der Waals surface area contributed by atoms with Crippen LogP contribution in [0.25, 0.3) is 11.0 Å². The van der Waals surface area contributed by atoms with E-state index in [1.54, 1.807) is 56.3 Å². The number of rotatable bonds is 6. The summed E-state index contributed by atoms with van der Waals surface area (Å²) in [5.74, 6) is 0.323. The van der Waals surface area contributed by atoms with Crippen LogP contribution in [0.3, 0.4) is 0 Å². The SMILES string of the molecule is CCOC(=O)c1c(C)oc2ccc(OCc3ccc(C(=O)OC)cc3)cc12. The van der Waals surface area contributed by atoms with Gasteiger partial charge in [0.1, 0.15) is 29.3 Å². The van der Waals surface area contributed by atoms with Gasteiger partial charge in [0, 0.05) is 5.39 Å². The summed E-state index contributed by atoms with van der Waals surface area (Å²) in [7, 11) is 1.34. The first-order chi connectivity index (χ1) is 13.0. The fraction of sp³-hybridized carbons (Fsp3) is 0.238. The van der Waals surface area contributed by atoms with Gasteiger partial charge in [-0.15, -0.1) is 0 Å². The van der Waals surface area contributed by atoms with E-state index in [1.807, 2.05) is 0 Å². The molecule has 2 aromatic carbocycles. The van der Waals surface area contributed by atoms with Crippen LogP contribution in [0.4, 0.5) is 0 Å². The van der Waals surface area contributed by atoms with Crippen molar-refractivity contribution in [3.8, 4) is 5.75 Å². The molecule has 0 radical (unpaired) electrons. The first-order valence-electron chi connectivity index (χ1n) is 8.53. The largest absolute Gasteiger partial charge is 0.489 e. The predicted octanol–water partition coefficient (Wildman–Crippen LogP) is 4.28. The molecule has 140 valence electrons. The highest BCUT2D eigenvalue weighted by Crippen LogP contribution is 2.30. The fourth-order valence-electron chi connectivity index (χ4n) is 2.77. The summed E-state index contributed by atoms with van der Waals surface area (Å²) < 4.78 is 21.2. The van der Waals surface area contributed by atoms with E-state index < -0.39 is 5.97 Å². The number of benzene rings is 2. The van der Waals surface area contributed by atoms with Gasteiger partial charge in [-0.1, -0.05) is 12.1 Å². The van der Waals surface area contributed by atoms with Crippen molar-refractivity contribution in [2.45, 2.75) is 20.5 Å². The Kier molecular flexibility index (Phi) is 5.45. The molecule has 1 heterocycles. The summed E-state index contributed by atoms with van der Waals surface area (Å²) in [6.45, 7) is 4.10. The lowest BCUT2D eigenvalue weighted by molar-refractivity contribution is 0.0525. The predicted molar refractivity (Wildman–Crippen MR) is 99.0 cm³/mol. The molecular weight excluding hydrogens is 348 g/mol. The number of esters is 2. The molecule has 6 nitrogen and oxygen atoms in total. The van der Waals surface area contributed by atoms with Crippen molar-refractivity contribution in [2.75, 3.05) is 13.7 Å². The summed E-state index contributed by atoms with van der Waals surface area (Å²) in [6, 6.07) is 12.3. The Balaban J connectivity index is 1.78. The lowest BCUT2D eigenvalue weighted by atomic mass is 10.1. The van der Waals surface area contributed by atoms with Crippen LogP contribution >= 0.6 is 0 Å². The van der Waals surface area contributed by atoms with E-state index in [9.17, 15) is 9.59 Å². The van der Waals surface area contributed by atoms with Gasteiger partial charge in [0.05, 0.1) is 19.3 Å². The van der Waals surface area contributed by atoms with Crippen LogP contribution in [0, 0.1) is 6.92 Å². The molecule has 0 atom stereocenters. The molecule has 1 aromatic heterocycles. The van der Waals surface area contributed by atoms with Crippen molar-refractivity contribution in [3.05, 3.63) is 64.9 Å². The van der Waals surface area contributed by atoms with E-state index in [-0.39, 0.29) is 5.97 Å². The van der Waals surface area contributed by atoms with Crippen molar-refractivity contribution in [1.82, 2.24) is 0 Å². The number of aryl methyl sites for hydroxylation is 1. The summed E-state index contributed by atoms with van der Waals surface area (Å²) in [6.07, 6.45) is 0. The smallest absolute Gasteiger partial charge is 0.342 e. The zero-order chi connectivity index (χ0) is 19.4. The summed E-state index contributed by atoms with van der Waals surface area (Å²) in [4.78, 5) is 23.6. The molecular formula is C21H20O6. The monoisotopic (exact) mass is 368 g/mol. The van der Waals surface area contributed by atoms with Crippen LogP contribution < -0.4 is 4.74 Å². The molecule has 0 aliphatic carbocycles. The van der Waals surface area contributed by atoms with Gasteiger partial charge in [-0.2, -0.15) is 0 Å². The third-order valence-corrected chi connectivity index (χ3v) is 4.10. The standard InChI is InChI=1S/C21H20O6/c1-4-25-21(23)19-13(2)27-18-10-9-16(11-17(18)19)26-12-14-5-7-15(8-6-14)20(22)24-3/h5-11H,4,12H2,1-3H3. The maximum Gasteiger partial charge on any atom is 0.342 e. The molecule has 0 aliphatic rings. The number of furan rings is 1. The number of carbonyl (C=O) groups is 2. The summed E-state index contributed by atoms with van der Waals surface area (Å²) >= 11 is 0. The Morgan fingerprint density at radius 1 is 1.04 bits per heavy atom. The second kappa shape index (κ2) is 7.95. The molecule has 0 N–H and O–H groups in total. The van der Waals surface area contributed by atoms with Crippen LogP contribution in [-0.4, -0.2) is 25.7 Å². The summed E-state index contributed by atoms with van der Waals surface area (Å²) in [5, 5.41) is 0.657. The van der Waals surface area contributed by atoms with Gasteiger partial charge in [-0.3, -0.25) is 0 Å². The van der Waals surface area contributed by atoms with E-state index >= 15 is 0 Å². The highest BCUT2D eigenvalue weighted by atomic mass is 16.5. The zero-order valence-electron chi connectivity index (χ0n) is 15.4. The summed E-state index contributed by atoms with van der Waals surface area (Å²) in [5.41, 5.74) is 2.40. The maximum atomic E-state index is 12.2. The normalized spacial score (nSPS) is 10.6. The van der Waals surface area contributed by atoms with E-state index in [1.165, 1.54) is 7.11 Å². The lowest BCUT2D eigenvalue weighted by Crippen LogP contribution is -2.05. The zero-order valence-corrected chi connectivity index (χ0v) is 15.4. The number of methoxy groups -OCH3 is 1. The van der Waals surface area contributed by atoms with Crippen LogP contribution in [-0.2, 0) is 16.1 Å². The maximum absolute atomic E-state index is 12.2. The molecule has 0 aliphatic heterocycles. The highest BCUT2D eigenvalue weighted by molar-refractivity contribution is 6.04. The molecule has 27 heavy (non-hydrogen) atoms. The molecule has 6 heteroatoms. The van der Waals surface area contributed by atoms with Crippen LogP contribution in [0.1, 0.15) is 39.0 Å². The van der Waals surface area contributed by atoms with Gasteiger partial charge >= 0.3 is 11.9 Å². The number of hydrogen-bond acceptors (Lipinski definition) is 6. The average molecular weight is 368 g/mol. The Morgan fingerprint density at radius 2 is 1.78 bits per heavy atom. The third kappa shape index (κ3) is 3.95. The van der Waals surface area contributed by atoms with Crippen molar-refractivity contribution < 1.29 is 28.2 Å². The molecule has 0 bridgehead atoms. The van der Waals surface area contributed by atoms with Crippen LogP contribution in [0.5, 0.6) is 5.75 Å². The van der Waals surface area contributed by atoms with Gasteiger partial charge in [-0.25, -0.2) is 9.59 Å². The number of hydrogen-bond donors (Lipinski definition) is 0. The van der Waals surface area contributed by atoms with Crippen molar-refractivity contribution in [1.29, 1.82) is 0 Å². The quantitative estimate of drug-likeness (QED) is 0.605. The third-order valence-electron chi connectivity index (χ3n) is 4.10. The molecule has 0 amide bonds. The van der Waals surface area contributed by atoms with Crippen molar-refractivity contribution in [3.63, 3.8) is 0 Å². The Hall–Kier alpha value is -3.28. The van der Waals surface area contributed by atoms with Crippen molar-refractivity contribution in [2.24, 2.45) is 0 Å². The van der Waals surface area contributed by atoms with Gasteiger partial charge in [0.15, 0.2) is 0 Å². The molecule has 0 unspecified atom stereocenters. The first kappa shape index (κ1) is 18.5. The molecule has 3 aromatic rings. The van der Waals surface area contributed by atoms with Gasteiger partial charge in [-0.05, 0) is 49.7 Å². The van der Waals surface area contributed by atoms with Gasteiger partial charge in [0.2, 0.25) is 0 Å². The number of fused-ring (bicyclic) bond motifs is 1.